The molecule has 0 aliphatic heterocycles. The van der Waals surface area contributed by atoms with Gasteiger partial charge in [0.2, 0.25) is 0 Å². The van der Waals surface area contributed by atoms with Crippen molar-refractivity contribution in [3.63, 3.8) is 0 Å². The van der Waals surface area contributed by atoms with Crippen molar-refractivity contribution in [1.82, 2.24) is 34.3 Å². The van der Waals surface area contributed by atoms with E-state index in [1.54, 1.807) is 59.7 Å². The molecule has 1 amide bonds. The topological polar surface area (TPSA) is 125 Å². The van der Waals surface area contributed by atoms with Gasteiger partial charge in [-0.15, -0.1) is 5.10 Å². The number of nitrogens with one attached hydrogen (secondary N) is 1. The zero-order valence-electron chi connectivity index (χ0n) is 23.6. The molecule has 0 aliphatic rings. The Hall–Kier alpha value is -5.69. The van der Waals surface area contributed by atoms with E-state index >= 15 is 0 Å². The van der Waals surface area contributed by atoms with Crippen LogP contribution in [0.3, 0.4) is 0 Å². The average Bonchev–Trinajstić information content (AvgIpc) is 3.52. The Labute approximate surface area is 236 Å². The highest BCUT2D eigenvalue weighted by Crippen LogP contribution is 2.25. The predicted octanol–water partition coefficient (Wildman–Crippen LogP) is 3.55. The van der Waals surface area contributed by atoms with E-state index in [-0.39, 0.29) is 28.3 Å². The van der Waals surface area contributed by atoms with Gasteiger partial charge in [0.05, 0.1) is 24.5 Å². The molecule has 1 atom stereocenters. The van der Waals surface area contributed by atoms with Crippen LogP contribution < -0.4 is 16.6 Å². The Kier molecular flexibility index (Phi) is 6.02. The molecule has 0 saturated heterocycles. The van der Waals surface area contributed by atoms with Crippen LogP contribution in [-0.4, -0.2) is 34.9 Å². The van der Waals surface area contributed by atoms with E-state index in [1.165, 1.54) is 22.2 Å². The van der Waals surface area contributed by atoms with Gasteiger partial charge >= 0.3 is 0 Å². The van der Waals surface area contributed by atoms with Crippen LogP contribution in [0.4, 0.5) is 5.82 Å². The number of fused-ring (bicyclic) bond motifs is 2. The monoisotopic (exact) mass is 543 g/mol. The summed E-state index contributed by atoms with van der Waals surface area (Å²) in [5.74, 6) is 5.53. The molecule has 202 valence electrons. The number of nitrogen functional groups attached to an aromatic ring is 1. The lowest BCUT2D eigenvalue weighted by molar-refractivity contribution is 0.0941. The number of amides is 1. The molecule has 0 saturated carbocycles. The summed E-state index contributed by atoms with van der Waals surface area (Å²) in [5.41, 5.74) is 8.99. The zero-order chi connectivity index (χ0) is 29.6. The van der Waals surface area contributed by atoms with Gasteiger partial charge in [-0.05, 0) is 55.1 Å². The van der Waals surface area contributed by atoms with Crippen molar-refractivity contribution in [2.75, 3.05) is 5.73 Å². The van der Waals surface area contributed by atoms with Gasteiger partial charge in [0.1, 0.15) is 5.56 Å². The second-order valence-electron chi connectivity index (χ2n) is 9.66. The second kappa shape index (κ2) is 10.1. The largest absolute Gasteiger partial charge is 0.381 e. The average molecular weight is 544 g/mol. The van der Waals surface area contributed by atoms with Crippen molar-refractivity contribution < 1.29 is 6.17 Å². The van der Waals surface area contributed by atoms with Crippen LogP contribution >= 0.6 is 0 Å². The van der Waals surface area contributed by atoms with Crippen molar-refractivity contribution in [2.24, 2.45) is 7.05 Å². The van der Waals surface area contributed by atoms with E-state index in [0.29, 0.717) is 27.6 Å². The summed E-state index contributed by atoms with van der Waals surface area (Å²) in [7, 11) is 1.81. The van der Waals surface area contributed by atoms with E-state index in [0.717, 1.165) is 5.56 Å². The summed E-state index contributed by atoms with van der Waals surface area (Å²) in [6.45, 7) is 3.43. The molecule has 6 rings (SSSR count). The smallest absolute Gasteiger partial charge is 0.264 e. The van der Waals surface area contributed by atoms with Gasteiger partial charge in [0.25, 0.3) is 11.5 Å². The van der Waals surface area contributed by atoms with Gasteiger partial charge in [-0.25, -0.2) is 9.50 Å². The minimum Gasteiger partial charge on any atom is -0.381 e. The maximum Gasteiger partial charge on any atom is 0.264 e. The van der Waals surface area contributed by atoms with E-state index in [1.807, 2.05) is 32.2 Å². The number of aryl methyl sites for hydroxylation is 2. The van der Waals surface area contributed by atoms with Crippen LogP contribution in [0.15, 0.2) is 84.2 Å². The van der Waals surface area contributed by atoms with E-state index < -0.39 is 11.9 Å². The summed E-state index contributed by atoms with van der Waals surface area (Å²) >= 11 is 0. The summed E-state index contributed by atoms with van der Waals surface area (Å²) in [4.78, 5) is 32.1. The number of hydrogen-bond donors (Lipinski definition) is 2. The van der Waals surface area contributed by atoms with Gasteiger partial charge in [0, 0.05) is 42.6 Å². The Balaban J connectivity index is 1.53. The number of pyridine rings is 1. The molecule has 0 radical (unpaired) electrons. The van der Waals surface area contributed by atoms with Gasteiger partial charge < -0.3 is 11.1 Å². The Morgan fingerprint density at radius 2 is 1.98 bits per heavy atom. The number of rotatable bonds is 4. The number of benzene rings is 2. The van der Waals surface area contributed by atoms with Crippen molar-refractivity contribution in [1.29, 1.82) is 0 Å². The molecule has 10 heteroatoms. The number of aromatic nitrogens is 6. The lowest BCUT2D eigenvalue weighted by Crippen LogP contribution is -2.32. The minimum absolute atomic E-state index is 0.0200. The van der Waals surface area contributed by atoms with Gasteiger partial charge in [-0.1, -0.05) is 36.1 Å². The molecule has 4 aromatic heterocycles. The maximum atomic E-state index is 14.3. The lowest BCUT2D eigenvalue weighted by atomic mass is 10.0. The molecule has 0 spiro atoms. The molecule has 6 aromatic rings. The molecule has 0 unspecified atom stereocenters. The fraction of sp³-hybridized carbons (Fsp3) is 0.129. The summed E-state index contributed by atoms with van der Waals surface area (Å²) in [6.07, 6.45) is 6.60. The number of nitrogens with two attached hydrogens (primary N) is 1. The molecular weight excluding hydrogens is 516 g/mol. The van der Waals surface area contributed by atoms with Crippen LogP contribution in [0.25, 0.3) is 22.1 Å². The summed E-state index contributed by atoms with van der Waals surface area (Å²) in [6, 6.07) is 14.4. The third-order valence-corrected chi connectivity index (χ3v) is 6.69. The number of anilines is 1. The fourth-order valence-corrected chi connectivity index (χ4v) is 4.81. The molecule has 2 aromatic carbocycles. The second-order valence-corrected chi connectivity index (χ2v) is 9.66. The number of carbonyl (C=O) groups is 1. The predicted molar refractivity (Wildman–Crippen MR) is 157 cm³/mol. The molecule has 10 nitrogen and oxygen atoms in total. The summed E-state index contributed by atoms with van der Waals surface area (Å²) < 4.78 is 13.8. The van der Waals surface area contributed by atoms with Gasteiger partial charge in [0.15, 0.2) is 11.5 Å². The van der Waals surface area contributed by atoms with E-state index in [2.05, 4.69) is 32.3 Å². The maximum absolute atomic E-state index is 14.3. The molecule has 3 N–H and O–H groups in total. The first-order valence-electron chi connectivity index (χ1n) is 13.3. The van der Waals surface area contributed by atoms with Crippen molar-refractivity contribution >= 4 is 28.1 Å². The molecule has 41 heavy (non-hydrogen) atoms. The Bertz CT molecular complexity index is 2150. The zero-order valence-corrected chi connectivity index (χ0v) is 22.6. The SMILES string of the molecule is [2H][C@@](C)(NC(=O)c1c(N)nn2cccnc12)c1cc2cccc(C#Cc3cnn(C)c3)c2c(=O)n1-c1cccc(C)c1. The molecular formula is C31H26N8O2. The quantitative estimate of drug-likeness (QED) is 0.328. The lowest BCUT2D eigenvalue weighted by Gasteiger charge is -2.21. The van der Waals surface area contributed by atoms with E-state index in [9.17, 15) is 11.0 Å². The number of carbonyl (C=O) groups excluding carboxylic acids is 1. The highest BCUT2D eigenvalue weighted by molar-refractivity contribution is 6.04. The van der Waals surface area contributed by atoms with Crippen LogP contribution in [-0.2, 0) is 7.05 Å². The molecule has 0 bridgehead atoms. The first kappa shape index (κ1) is 24.4. The van der Waals surface area contributed by atoms with Crippen LogP contribution in [0, 0.1) is 18.8 Å². The fourth-order valence-electron chi connectivity index (χ4n) is 4.81. The minimum atomic E-state index is -1.78. The number of nitrogens with zero attached hydrogens (tertiary/aromatic N) is 6. The van der Waals surface area contributed by atoms with Crippen molar-refractivity contribution in [3.8, 4) is 17.5 Å². The normalized spacial score (nSPS) is 12.9. The highest BCUT2D eigenvalue weighted by Gasteiger charge is 2.24. The standard InChI is InChI=1S/C31H26N8O2/c1-19-7-4-10-24(15-19)39-25(20(2)35-30(40)27-28(32)36-38-14-6-13-33-29(27)38)16-23-9-5-8-22(26(23)31(39)41)12-11-21-17-34-37(3)18-21/h4-10,13-18,20H,1-3H3,(H2,32,36)(H,35,40)/t20-/m0/s1/i20D. The highest BCUT2D eigenvalue weighted by atomic mass is 16.2. The van der Waals surface area contributed by atoms with Gasteiger partial charge in [-0.2, -0.15) is 5.10 Å². The third kappa shape index (κ3) is 4.70. The summed E-state index contributed by atoms with van der Waals surface area (Å²) in [5, 5.41) is 12.0. The Morgan fingerprint density at radius 1 is 1.15 bits per heavy atom. The van der Waals surface area contributed by atoms with Crippen LogP contribution in [0.1, 0.15) is 47.1 Å². The first-order valence-corrected chi connectivity index (χ1v) is 12.8. The van der Waals surface area contributed by atoms with Crippen molar-refractivity contribution in [3.05, 3.63) is 118 Å². The molecule has 4 heterocycles. The third-order valence-electron chi connectivity index (χ3n) is 6.69. The van der Waals surface area contributed by atoms with Gasteiger partial charge in [-0.3, -0.25) is 18.8 Å². The first-order chi connectivity index (χ1) is 20.1. The Morgan fingerprint density at radius 3 is 2.76 bits per heavy atom. The van der Waals surface area contributed by atoms with Crippen LogP contribution in [0.2, 0.25) is 0 Å². The molecule has 0 fully saturated rings. The molecule has 0 aliphatic carbocycles. The van der Waals surface area contributed by atoms with E-state index in [4.69, 9.17) is 5.73 Å². The number of hydrogen-bond acceptors (Lipinski definition) is 6. The van der Waals surface area contributed by atoms with Crippen molar-refractivity contribution in [2.45, 2.75) is 19.9 Å². The van der Waals surface area contributed by atoms with Crippen LogP contribution in [0.5, 0.6) is 0 Å².